The van der Waals surface area contributed by atoms with Crippen LogP contribution in [0.1, 0.15) is 29.6 Å². The molecule has 0 fully saturated rings. The van der Waals surface area contributed by atoms with E-state index < -0.39 is 27.7 Å². The lowest BCUT2D eigenvalue weighted by atomic mass is 10.1. The van der Waals surface area contributed by atoms with E-state index >= 15 is 0 Å². The molecule has 0 bridgehead atoms. The molecular weight excluding hydrogens is 459 g/mol. The van der Waals surface area contributed by atoms with Crippen molar-refractivity contribution >= 4 is 21.6 Å². The monoisotopic (exact) mass is 481 g/mol. The quantitative estimate of drug-likeness (QED) is 0.535. The van der Waals surface area contributed by atoms with Gasteiger partial charge in [-0.3, -0.25) is 4.98 Å². The molecule has 0 saturated heterocycles. The normalized spacial score (nSPS) is 11.9. The van der Waals surface area contributed by atoms with Crippen LogP contribution in [-0.2, 0) is 34.7 Å². The number of alkyl halides is 3. The predicted molar refractivity (Wildman–Crippen MR) is 117 cm³/mol. The lowest BCUT2D eigenvalue weighted by Gasteiger charge is -2.11. The van der Waals surface area contributed by atoms with Gasteiger partial charge in [0.25, 0.3) is 0 Å². The molecule has 3 rings (SSSR count). The summed E-state index contributed by atoms with van der Waals surface area (Å²) < 4.78 is 63.5. The van der Waals surface area contributed by atoms with Gasteiger partial charge >= 0.3 is 12.2 Å². The Morgan fingerprint density at radius 3 is 2.52 bits per heavy atom. The zero-order chi connectivity index (χ0) is 24.2. The fourth-order valence-electron chi connectivity index (χ4n) is 3.01. The number of hydrogen-bond acceptors (Lipinski definition) is 5. The van der Waals surface area contributed by atoms with Crippen molar-refractivity contribution in [3.05, 3.63) is 71.3 Å². The van der Waals surface area contributed by atoms with Gasteiger partial charge in [-0.1, -0.05) is 19.1 Å². The fraction of sp³-hybridized carbons (Fsp3) is 0.286. The largest absolute Gasteiger partial charge is 0.435 e. The van der Waals surface area contributed by atoms with Crippen molar-refractivity contribution in [3.8, 4) is 5.69 Å². The molecule has 1 aromatic carbocycles. The van der Waals surface area contributed by atoms with Crippen LogP contribution in [0, 0.1) is 0 Å². The average molecular weight is 482 g/mol. The van der Waals surface area contributed by atoms with Crippen LogP contribution in [0.15, 0.2) is 48.7 Å². The molecule has 0 radical (unpaired) electrons. The first kappa shape index (κ1) is 24.2. The third kappa shape index (κ3) is 6.78. The van der Waals surface area contributed by atoms with Crippen molar-refractivity contribution in [2.24, 2.45) is 0 Å². The van der Waals surface area contributed by atoms with E-state index in [0.717, 1.165) is 22.6 Å². The van der Waals surface area contributed by atoms with E-state index in [-0.39, 0.29) is 18.0 Å². The van der Waals surface area contributed by atoms with E-state index in [1.807, 2.05) is 13.0 Å². The minimum atomic E-state index is -4.63. The van der Waals surface area contributed by atoms with Crippen LogP contribution in [0.3, 0.4) is 0 Å². The minimum absolute atomic E-state index is 0.146. The zero-order valence-corrected chi connectivity index (χ0v) is 18.7. The Labute approximate surface area is 188 Å². The maximum absolute atomic E-state index is 13.2. The summed E-state index contributed by atoms with van der Waals surface area (Å²) >= 11 is 0. The first-order valence-electron chi connectivity index (χ1n) is 9.87. The number of carbonyl (C=O) groups excluding carboxylic acids is 1. The Bertz CT molecular complexity index is 1240. The first-order chi connectivity index (χ1) is 15.4. The number of halogens is 3. The molecule has 0 unspecified atom stereocenters. The summed E-state index contributed by atoms with van der Waals surface area (Å²) in [6.07, 6.45) is -1.55. The number of nitrogens with zero attached hydrogens (tertiary/aromatic N) is 3. The van der Waals surface area contributed by atoms with Gasteiger partial charge in [-0.25, -0.2) is 17.9 Å². The van der Waals surface area contributed by atoms with Crippen LogP contribution in [-0.4, -0.2) is 35.5 Å². The molecule has 176 valence electrons. The number of pyridine rings is 1. The lowest BCUT2D eigenvalue weighted by Crippen LogP contribution is -2.29. The molecule has 2 heterocycles. The number of benzene rings is 1. The van der Waals surface area contributed by atoms with Crippen LogP contribution in [0.2, 0.25) is 0 Å². The van der Waals surface area contributed by atoms with Gasteiger partial charge in [-0.15, -0.1) is 0 Å². The molecule has 0 aliphatic carbocycles. The van der Waals surface area contributed by atoms with Gasteiger partial charge in [0, 0.05) is 6.26 Å². The third-order valence-corrected chi connectivity index (χ3v) is 5.38. The van der Waals surface area contributed by atoms with E-state index in [2.05, 4.69) is 20.7 Å². The van der Waals surface area contributed by atoms with Gasteiger partial charge in [0.1, 0.15) is 0 Å². The van der Waals surface area contributed by atoms with Gasteiger partial charge in [-0.05, 0) is 42.3 Å². The number of anilines is 1. The second-order valence-electron chi connectivity index (χ2n) is 7.37. The topological polar surface area (TPSA) is 106 Å². The number of sulfone groups is 1. The van der Waals surface area contributed by atoms with Gasteiger partial charge in [0.2, 0.25) is 0 Å². The summed E-state index contributed by atoms with van der Waals surface area (Å²) in [6.45, 7) is 1.71. The van der Waals surface area contributed by atoms with E-state index in [0.29, 0.717) is 23.5 Å². The molecule has 0 aliphatic rings. The van der Waals surface area contributed by atoms with E-state index in [4.69, 9.17) is 0 Å². The highest BCUT2D eigenvalue weighted by Crippen LogP contribution is 2.29. The van der Waals surface area contributed by atoms with E-state index in [9.17, 15) is 26.4 Å². The van der Waals surface area contributed by atoms with Gasteiger partial charge < -0.3 is 10.6 Å². The van der Waals surface area contributed by atoms with Crippen molar-refractivity contribution in [2.75, 3.05) is 11.6 Å². The highest BCUT2D eigenvalue weighted by atomic mass is 32.2. The molecule has 12 heteroatoms. The molecule has 2 amide bonds. The first-order valence-corrected chi connectivity index (χ1v) is 11.9. The number of aryl methyl sites for hydroxylation is 1. The number of urea groups is 1. The summed E-state index contributed by atoms with van der Waals surface area (Å²) in [5.41, 5.74) is 1.08. The molecule has 3 aromatic rings. The molecule has 0 atom stereocenters. The predicted octanol–water partition coefficient (Wildman–Crippen LogP) is 3.71. The molecule has 2 N–H and O–H groups in total. The zero-order valence-electron chi connectivity index (χ0n) is 17.8. The average Bonchev–Trinajstić information content (AvgIpc) is 3.18. The molecule has 33 heavy (non-hydrogen) atoms. The second kappa shape index (κ2) is 9.61. The van der Waals surface area contributed by atoms with Crippen molar-refractivity contribution in [1.29, 1.82) is 0 Å². The smallest absolute Gasteiger partial charge is 0.332 e. The SMILES string of the molecule is CCc1cccc(-n2nc(C(F)(F)F)cc2CNC(=O)Nc2ccc(CS(C)(=O)=O)nc2)c1. The molecule has 8 nitrogen and oxygen atoms in total. The number of hydrogen-bond donors (Lipinski definition) is 2. The molecular formula is C21H22F3N5O3S. The number of aromatic nitrogens is 3. The number of nitrogens with one attached hydrogen (secondary N) is 2. The van der Waals surface area contributed by atoms with Crippen molar-refractivity contribution < 1.29 is 26.4 Å². The molecule has 0 spiro atoms. The van der Waals surface area contributed by atoms with Gasteiger partial charge in [0.15, 0.2) is 15.5 Å². The second-order valence-corrected chi connectivity index (χ2v) is 9.51. The summed E-state index contributed by atoms with van der Waals surface area (Å²) in [6, 6.07) is 10.1. The summed E-state index contributed by atoms with van der Waals surface area (Å²) in [5.74, 6) is -0.232. The van der Waals surface area contributed by atoms with Crippen LogP contribution in [0.25, 0.3) is 5.69 Å². The number of rotatable bonds is 7. The van der Waals surface area contributed by atoms with Crippen molar-refractivity contribution in [3.63, 3.8) is 0 Å². The Kier molecular flexibility index (Phi) is 7.06. The lowest BCUT2D eigenvalue weighted by molar-refractivity contribution is -0.141. The van der Waals surface area contributed by atoms with E-state index in [1.165, 1.54) is 18.3 Å². The maximum atomic E-state index is 13.2. The van der Waals surface area contributed by atoms with Crippen LogP contribution in [0.5, 0.6) is 0 Å². The van der Waals surface area contributed by atoms with Crippen molar-refractivity contribution in [1.82, 2.24) is 20.1 Å². The van der Waals surface area contributed by atoms with Crippen LogP contribution < -0.4 is 10.6 Å². The summed E-state index contributed by atoms with van der Waals surface area (Å²) in [5, 5.41) is 8.69. The standard InChI is InChI=1S/C21H22F3N5O3S/c1-3-14-5-4-6-17(9-14)29-18(10-19(28-29)21(22,23)24)12-26-20(30)27-15-7-8-16(25-11-15)13-33(2,31)32/h4-11H,3,12-13H2,1-2H3,(H2,26,27,30). The van der Waals surface area contributed by atoms with Crippen LogP contribution >= 0.6 is 0 Å². The van der Waals surface area contributed by atoms with Gasteiger partial charge in [0.05, 0.1) is 41.3 Å². The fourth-order valence-corrected chi connectivity index (χ4v) is 3.72. The molecule has 0 saturated carbocycles. The Morgan fingerprint density at radius 1 is 1.15 bits per heavy atom. The van der Waals surface area contributed by atoms with Crippen LogP contribution in [0.4, 0.5) is 23.7 Å². The van der Waals surface area contributed by atoms with Crippen molar-refractivity contribution in [2.45, 2.75) is 31.8 Å². The molecule has 2 aromatic heterocycles. The highest BCUT2D eigenvalue weighted by Gasteiger charge is 2.35. The Morgan fingerprint density at radius 2 is 1.91 bits per heavy atom. The Balaban J connectivity index is 1.73. The third-order valence-electron chi connectivity index (χ3n) is 4.56. The van der Waals surface area contributed by atoms with E-state index in [1.54, 1.807) is 18.2 Å². The number of amides is 2. The summed E-state index contributed by atoms with van der Waals surface area (Å²) in [4.78, 5) is 16.2. The van der Waals surface area contributed by atoms with Gasteiger partial charge in [-0.2, -0.15) is 18.3 Å². The number of carbonyl (C=O) groups is 1. The maximum Gasteiger partial charge on any atom is 0.435 e. The Hall–Kier alpha value is -3.41. The highest BCUT2D eigenvalue weighted by molar-refractivity contribution is 7.89. The molecule has 0 aliphatic heterocycles. The minimum Gasteiger partial charge on any atom is -0.332 e. The summed E-state index contributed by atoms with van der Waals surface area (Å²) in [7, 11) is -3.24.